The maximum absolute atomic E-state index is 12.5. The summed E-state index contributed by atoms with van der Waals surface area (Å²) in [7, 11) is 1.66. The highest BCUT2D eigenvalue weighted by Gasteiger charge is 2.21. The van der Waals surface area contributed by atoms with E-state index in [9.17, 15) is 9.59 Å². The predicted molar refractivity (Wildman–Crippen MR) is 107 cm³/mol. The van der Waals surface area contributed by atoms with Gasteiger partial charge in [0.15, 0.2) is 5.78 Å². The van der Waals surface area contributed by atoms with Gasteiger partial charge in [-0.3, -0.25) is 9.59 Å². The fraction of sp³-hybridized carbons (Fsp3) is 0.364. The molecule has 2 aromatic carbocycles. The third-order valence-electron chi connectivity index (χ3n) is 5.06. The Kier molecular flexibility index (Phi) is 6.12. The number of aryl methyl sites for hydroxylation is 1. The number of hydrogen-bond acceptors (Lipinski definition) is 4. The molecular formula is C22H26N2O3. The number of carbonyl (C=O) groups excluding carboxylic acids is 2. The number of hydrogen-bond donors (Lipinski definition) is 0. The fourth-order valence-electron chi connectivity index (χ4n) is 3.32. The summed E-state index contributed by atoms with van der Waals surface area (Å²) < 4.78 is 5.20. The van der Waals surface area contributed by atoms with Gasteiger partial charge in [-0.2, -0.15) is 0 Å². The van der Waals surface area contributed by atoms with E-state index in [1.165, 1.54) is 0 Å². The first kappa shape index (κ1) is 19.0. The van der Waals surface area contributed by atoms with Gasteiger partial charge < -0.3 is 14.5 Å². The van der Waals surface area contributed by atoms with E-state index in [1.807, 2.05) is 41.3 Å². The van der Waals surface area contributed by atoms with Crippen LogP contribution in [0.5, 0.6) is 5.75 Å². The number of methoxy groups -OCH3 is 1. The molecule has 3 rings (SSSR count). The molecule has 1 heterocycles. The van der Waals surface area contributed by atoms with Crippen LogP contribution in [0.2, 0.25) is 0 Å². The van der Waals surface area contributed by atoms with Gasteiger partial charge in [-0.05, 0) is 43.2 Å². The van der Waals surface area contributed by atoms with Crippen LogP contribution in [-0.2, 0) is 11.2 Å². The second-order valence-electron chi connectivity index (χ2n) is 6.82. The Balaban J connectivity index is 1.47. The van der Waals surface area contributed by atoms with Crippen molar-refractivity contribution >= 4 is 17.4 Å². The predicted octanol–water partition coefficient (Wildman–Crippen LogP) is 3.18. The maximum Gasteiger partial charge on any atom is 0.223 e. The van der Waals surface area contributed by atoms with E-state index in [0.29, 0.717) is 18.4 Å². The molecule has 5 heteroatoms. The molecule has 142 valence electrons. The number of Topliss-reactive ketones (excluding diaryl/α,β-unsaturated/α-hetero) is 1. The Morgan fingerprint density at radius 2 is 1.56 bits per heavy atom. The number of anilines is 1. The molecular weight excluding hydrogens is 340 g/mol. The first-order valence-corrected chi connectivity index (χ1v) is 9.33. The number of piperazine rings is 1. The third-order valence-corrected chi connectivity index (χ3v) is 5.06. The number of carbonyl (C=O) groups is 2. The zero-order chi connectivity index (χ0) is 19.2. The molecule has 0 radical (unpaired) electrons. The number of nitrogens with zero attached hydrogens (tertiary/aromatic N) is 2. The molecule has 0 saturated carbocycles. The van der Waals surface area contributed by atoms with Crippen molar-refractivity contribution in [2.75, 3.05) is 38.2 Å². The highest BCUT2D eigenvalue weighted by Crippen LogP contribution is 2.20. The Bertz CT molecular complexity index is 776. The summed E-state index contributed by atoms with van der Waals surface area (Å²) in [5, 5.41) is 0. The van der Waals surface area contributed by atoms with E-state index in [0.717, 1.165) is 43.2 Å². The quantitative estimate of drug-likeness (QED) is 0.737. The topological polar surface area (TPSA) is 49.9 Å². The maximum atomic E-state index is 12.5. The lowest BCUT2D eigenvalue weighted by atomic mass is 10.1. The van der Waals surface area contributed by atoms with Crippen LogP contribution in [0.1, 0.15) is 29.3 Å². The van der Waals surface area contributed by atoms with Gasteiger partial charge in [-0.25, -0.2) is 0 Å². The monoisotopic (exact) mass is 366 g/mol. The summed E-state index contributed by atoms with van der Waals surface area (Å²) in [6, 6.07) is 15.6. The van der Waals surface area contributed by atoms with E-state index >= 15 is 0 Å². The van der Waals surface area contributed by atoms with Crippen LogP contribution < -0.4 is 9.64 Å². The normalized spacial score (nSPS) is 14.1. The zero-order valence-corrected chi connectivity index (χ0v) is 16.0. The first-order chi connectivity index (χ1) is 13.1. The number of ether oxygens (including phenoxy) is 1. The Labute approximate surface area is 160 Å². The number of rotatable bonds is 6. The molecule has 0 aliphatic carbocycles. The van der Waals surface area contributed by atoms with Gasteiger partial charge in [-0.15, -0.1) is 0 Å². The fourth-order valence-corrected chi connectivity index (χ4v) is 3.32. The van der Waals surface area contributed by atoms with Crippen molar-refractivity contribution in [1.82, 2.24) is 4.90 Å². The Hall–Kier alpha value is -2.82. The van der Waals surface area contributed by atoms with E-state index < -0.39 is 0 Å². The minimum Gasteiger partial charge on any atom is -0.497 e. The molecule has 1 saturated heterocycles. The van der Waals surface area contributed by atoms with Crippen molar-refractivity contribution in [3.63, 3.8) is 0 Å². The summed E-state index contributed by atoms with van der Waals surface area (Å²) in [5.74, 6) is 1.11. The molecule has 0 atom stereocenters. The highest BCUT2D eigenvalue weighted by atomic mass is 16.5. The van der Waals surface area contributed by atoms with Crippen LogP contribution in [0.3, 0.4) is 0 Å². The smallest absolute Gasteiger partial charge is 0.223 e. The lowest BCUT2D eigenvalue weighted by Gasteiger charge is -2.36. The summed E-state index contributed by atoms with van der Waals surface area (Å²) in [6.45, 7) is 4.73. The summed E-state index contributed by atoms with van der Waals surface area (Å²) in [4.78, 5) is 28.1. The standard InChI is InChI=1S/C22H26N2O3/c1-17(25)19-6-3-18(4-7-19)5-12-22(26)24-15-13-23(14-16-24)20-8-10-21(27-2)11-9-20/h3-4,6-11H,5,12-16H2,1-2H3. The SMILES string of the molecule is COc1ccc(N2CCN(C(=O)CCc3ccc(C(C)=O)cc3)CC2)cc1. The van der Waals surface area contributed by atoms with E-state index in [1.54, 1.807) is 14.0 Å². The van der Waals surface area contributed by atoms with Gasteiger partial charge in [0.2, 0.25) is 5.91 Å². The molecule has 0 bridgehead atoms. The van der Waals surface area contributed by atoms with Crippen molar-refractivity contribution in [1.29, 1.82) is 0 Å². The van der Waals surface area contributed by atoms with Crippen molar-refractivity contribution in [2.45, 2.75) is 19.8 Å². The minimum atomic E-state index is 0.0624. The average molecular weight is 366 g/mol. The minimum absolute atomic E-state index is 0.0624. The van der Waals surface area contributed by atoms with Crippen molar-refractivity contribution < 1.29 is 14.3 Å². The van der Waals surface area contributed by atoms with E-state index in [-0.39, 0.29) is 11.7 Å². The highest BCUT2D eigenvalue weighted by molar-refractivity contribution is 5.94. The molecule has 27 heavy (non-hydrogen) atoms. The summed E-state index contributed by atoms with van der Waals surface area (Å²) >= 11 is 0. The first-order valence-electron chi connectivity index (χ1n) is 9.33. The molecule has 0 unspecified atom stereocenters. The average Bonchev–Trinajstić information content (AvgIpc) is 2.72. The van der Waals surface area contributed by atoms with Crippen molar-refractivity contribution in [3.05, 3.63) is 59.7 Å². The second-order valence-corrected chi connectivity index (χ2v) is 6.82. The lowest BCUT2D eigenvalue weighted by molar-refractivity contribution is -0.131. The number of amides is 1. The summed E-state index contributed by atoms with van der Waals surface area (Å²) in [6.07, 6.45) is 1.21. The van der Waals surface area contributed by atoms with Crippen LogP contribution in [0.15, 0.2) is 48.5 Å². The van der Waals surface area contributed by atoms with Crippen LogP contribution in [0.25, 0.3) is 0 Å². The van der Waals surface area contributed by atoms with Gasteiger partial charge in [0.05, 0.1) is 7.11 Å². The molecule has 5 nitrogen and oxygen atoms in total. The van der Waals surface area contributed by atoms with Gasteiger partial charge in [0.25, 0.3) is 0 Å². The van der Waals surface area contributed by atoms with Gasteiger partial charge >= 0.3 is 0 Å². The molecule has 1 amide bonds. The zero-order valence-electron chi connectivity index (χ0n) is 16.0. The number of ketones is 1. The van der Waals surface area contributed by atoms with Crippen LogP contribution in [-0.4, -0.2) is 49.9 Å². The molecule has 2 aromatic rings. The Morgan fingerprint density at radius 1 is 0.926 bits per heavy atom. The second kappa shape index (κ2) is 8.71. The molecule has 0 spiro atoms. The molecule has 1 aliphatic rings. The number of benzene rings is 2. The third kappa shape index (κ3) is 4.88. The van der Waals surface area contributed by atoms with Gasteiger partial charge in [0.1, 0.15) is 5.75 Å². The lowest BCUT2D eigenvalue weighted by Crippen LogP contribution is -2.48. The van der Waals surface area contributed by atoms with Crippen LogP contribution in [0.4, 0.5) is 5.69 Å². The van der Waals surface area contributed by atoms with E-state index in [2.05, 4.69) is 17.0 Å². The van der Waals surface area contributed by atoms with Crippen LogP contribution >= 0.6 is 0 Å². The van der Waals surface area contributed by atoms with Crippen LogP contribution in [0, 0.1) is 0 Å². The largest absolute Gasteiger partial charge is 0.497 e. The Morgan fingerprint density at radius 3 is 2.11 bits per heavy atom. The van der Waals surface area contributed by atoms with Crippen molar-refractivity contribution in [2.24, 2.45) is 0 Å². The van der Waals surface area contributed by atoms with Gasteiger partial charge in [-0.1, -0.05) is 24.3 Å². The van der Waals surface area contributed by atoms with Gasteiger partial charge in [0, 0.05) is 43.9 Å². The molecule has 0 N–H and O–H groups in total. The summed E-state index contributed by atoms with van der Waals surface area (Å²) in [5.41, 5.74) is 2.96. The molecule has 0 aromatic heterocycles. The molecule has 1 aliphatic heterocycles. The van der Waals surface area contributed by atoms with E-state index in [4.69, 9.17) is 4.74 Å². The van der Waals surface area contributed by atoms with Crippen molar-refractivity contribution in [3.8, 4) is 5.75 Å². The molecule has 1 fully saturated rings.